The molecule has 0 saturated heterocycles. The van der Waals surface area contributed by atoms with E-state index in [9.17, 15) is 9.59 Å². The SMILES string of the molecule is N[C@@H](Cc1ccc(O)c(O)c1)C(=O)O.Nc1nc2nc[nH]c2c(=O)[nH]1. The highest BCUT2D eigenvalue weighted by Gasteiger charge is 2.12. The number of nitrogens with zero attached hydrogens (tertiary/aromatic N) is 2. The van der Waals surface area contributed by atoms with Gasteiger partial charge in [-0.3, -0.25) is 14.6 Å². The maximum atomic E-state index is 11.0. The highest BCUT2D eigenvalue weighted by atomic mass is 16.4. The van der Waals surface area contributed by atoms with E-state index in [2.05, 4.69) is 19.9 Å². The molecule has 0 unspecified atom stereocenters. The summed E-state index contributed by atoms with van der Waals surface area (Å²) in [5.74, 6) is -1.54. The summed E-state index contributed by atoms with van der Waals surface area (Å²) < 4.78 is 0. The molecule has 0 amide bonds. The minimum atomic E-state index is -1.10. The Balaban J connectivity index is 0.000000185. The van der Waals surface area contributed by atoms with Crippen LogP contribution in [0.1, 0.15) is 5.56 Å². The highest BCUT2D eigenvalue weighted by molar-refractivity contribution is 5.73. The Bertz CT molecular complexity index is 950. The molecular formula is C14H16N6O5. The Hall–Kier alpha value is -3.60. The number of carboxylic acids is 1. The van der Waals surface area contributed by atoms with Crippen LogP contribution in [-0.2, 0) is 11.2 Å². The molecular weight excluding hydrogens is 332 g/mol. The van der Waals surface area contributed by atoms with Gasteiger partial charge in [-0.05, 0) is 24.1 Å². The van der Waals surface area contributed by atoms with Crippen LogP contribution in [0.5, 0.6) is 11.5 Å². The largest absolute Gasteiger partial charge is 0.504 e. The number of nitrogen functional groups attached to an aromatic ring is 1. The standard InChI is InChI=1S/C9H11NO4.C5H5N5O/c10-6(9(13)14)3-5-1-2-7(11)8(12)4-5;6-5-9-3-2(4(11)10-5)7-1-8-3/h1-2,4,6,11-12H,3,10H2,(H,13,14);1H,(H4,6,7,8,9,10,11)/t6-;/m0./s1. The van der Waals surface area contributed by atoms with Crippen molar-refractivity contribution in [2.24, 2.45) is 5.73 Å². The molecule has 0 radical (unpaired) electrons. The van der Waals surface area contributed by atoms with Crippen LogP contribution in [0, 0.1) is 0 Å². The molecule has 11 heteroatoms. The lowest BCUT2D eigenvalue weighted by Crippen LogP contribution is -2.32. The van der Waals surface area contributed by atoms with Crippen LogP contribution in [0.15, 0.2) is 29.3 Å². The van der Waals surface area contributed by atoms with Gasteiger partial charge < -0.3 is 31.8 Å². The second-order valence-corrected chi connectivity index (χ2v) is 5.02. The van der Waals surface area contributed by atoms with Crippen molar-refractivity contribution in [3.8, 4) is 11.5 Å². The molecule has 3 aromatic rings. The number of benzene rings is 1. The monoisotopic (exact) mass is 348 g/mol. The van der Waals surface area contributed by atoms with Crippen molar-refractivity contribution in [1.82, 2.24) is 19.9 Å². The van der Waals surface area contributed by atoms with Crippen LogP contribution in [0.3, 0.4) is 0 Å². The summed E-state index contributed by atoms with van der Waals surface area (Å²) in [6.45, 7) is 0. The lowest BCUT2D eigenvalue weighted by atomic mass is 10.1. The Morgan fingerprint density at radius 2 is 2.00 bits per heavy atom. The number of aromatic amines is 2. The van der Waals surface area contributed by atoms with E-state index in [0.717, 1.165) is 0 Å². The molecule has 0 aliphatic carbocycles. The lowest BCUT2D eigenvalue weighted by Gasteiger charge is -2.06. The zero-order chi connectivity index (χ0) is 18.6. The highest BCUT2D eigenvalue weighted by Crippen LogP contribution is 2.25. The molecule has 1 aromatic carbocycles. The molecule has 0 saturated carbocycles. The fourth-order valence-corrected chi connectivity index (χ4v) is 1.90. The topological polar surface area (TPSA) is 204 Å². The fourth-order valence-electron chi connectivity index (χ4n) is 1.90. The first-order chi connectivity index (χ1) is 11.8. The first kappa shape index (κ1) is 17.7. The number of aliphatic carboxylic acids is 1. The minimum Gasteiger partial charge on any atom is -0.504 e. The molecule has 1 atom stereocenters. The molecule has 0 aliphatic rings. The molecule has 0 fully saturated rings. The van der Waals surface area contributed by atoms with E-state index >= 15 is 0 Å². The smallest absolute Gasteiger partial charge is 0.320 e. The number of phenolic OH excluding ortho intramolecular Hbond substituents is 2. The molecule has 25 heavy (non-hydrogen) atoms. The third kappa shape index (κ3) is 4.45. The van der Waals surface area contributed by atoms with Gasteiger partial charge in [0.2, 0.25) is 5.95 Å². The summed E-state index contributed by atoms with van der Waals surface area (Å²) in [6, 6.07) is 3.09. The van der Waals surface area contributed by atoms with Crippen LogP contribution in [0.2, 0.25) is 0 Å². The van der Waals surface area contributed by atoms with Crippen LogP contribution in [0.25, 0.3) is 11.2 Å². The van der Waals surface area contributed by atoms with Crippen LogP contribution >= 0.6 is 0 Å². The number of carbonyl (C=O) groups is 1. The number of nitrogens with two attached hydrogens (primary N) is 2. The van der Waals surface area contributed by atoms with Crippen LogP contribution in [-0.4, -0.2) is 47.3 Å². The Morgan fingerprint density at radius 1 is 1.28 bits per heavy atom. The Morgan fingerprint density at radius 3 is 2.64 bits per heavy atom. The number of H-pyrrole nitrogens is 2. The van der Waals surface area contributed by atoms with Crippen LogP contribution in [0.4, 0.5) is 5.95 Å². The Labute approximate surface area is 140 Å². The van der Waals surface area contributed by atoms with Crippen molar-refractivity contribution in [3.05, 3.63) is 40.4 Å². The van der Waals surface area contributed by atoms with Gasteiger partial charge in [0.15, 0.2) is 22.7 Å². The van der Waals surface area contributed by atoms with Gasteiger partial charge in [-0.25, -0.2) is 4.98 Å². The van der Waals surface area contributed by atoms with E-state index < -0.39 is 12.0 Å². The van der Waals surface area contributed by atoms with Gasteiger partial charge in [0.05, 0.1) is 6.33 Å². The molecule has 132 valence electrons. The molecule has 0 spiro atoms. The van der Waals surface area contributed by atoms with Gasteiger partial charge in [-0.2, -0.15) is 4.98 Å². The molecule has 2 heterocycles. The average Bonchev–Trinajstić information content (AvgIpc) is 3.00. The van der Waals surface area contributed by atoms with Gasteiger partial charge in [-0.1, -0.05) is 6.07 Å². The number of nitrogens with one attached hydrogen (secondary N) is 2. The normalized spacial score (nSPS) is 11.6. The Kier molecular flexibility index (Phi) is 5.19. The lowest BCUT2D eigenvalue weighted by molar-refractivity contribution is -0.138. The zero-order valence-electron chi connectivity index (χ0n) is 12.8. The number of anilines is 1. The van der Waals surface area contributed by atoms with E-state index in [-0.39, 0.29) is 29.4 Å². The molecule has 0 bridgehead atoms. The second kappa shape index (κ2) is 7.31. The third-order valence-electron chi connectivity index (χ3n) is 3.13. The minimum absolute atomic E-state index is 0.0783. The van der Waals surface area contributed by atoms with Crippen molar-refractivity contribution < 1.29 is 20.1 Å². The number of phenols is 2. The summed E-state index contributed by atoms with van der Waals surface area (Å²) >= 11 is 0. The summed E-state index contributed by atoms with van der Waals surface area (Å²) in [6.07, 6.45) is 1.51. The average molecular weight is 348 g/mol. The number of aromatic hydroxyl groups is 2. The first-order valence-corrected chi connectivity index (χ1v) is 6.96. The maximum Gasteiger partial charge on any atom is 0.320 e. The van der Waals surface area contributed by atoms with Crippen LogP contribution < -0.4 is 17.0 Å². The quantitative estimate of drug-likeness (QED) is 0.298. The third-order valence-corrected chi connectivity index (χ3v) is 3.13. The van der Waals surface area contributed by atoms with Crippen molar-refractivity contribution in [3.63, 3.8) is 0 Å². The van der Waals surface area contributed by atoms with Gasteiger partial charge in [0.25, 0.3) is 5.56 Å². The number of fused-ring (bicyclic) bond motifs is 1. The molecule has 0 aliphatic heterocycles. The maximum absolute atomic E-state index is 11.0. The molecule has 11 nitrogen and oxygen atoms in total. The number of hydrogen-bond donors (Lipinski definition) is 7. The summed E-state index contributed by atoms with van der Waals surface area (Å²) in [7, 11) is 0. The number of imidazole rings is 1. The van der Waals surface area contributed by atoms with Crippen molar-refractivity contribution in [2.75, 3.05) is 5.73 Å². The number of carboxylic acid groups (broad SMARTS) is 1. The van der Waals surface area contributed by atoms with E-state index in [1.807, 2.05) is 0 Å². The zero-order valence-corrected chi connectivity index (χ0v) is 12.8. The predicted molar refractivity (Wildman–Crippen MR) is 88.0 cm³/mol. The van der Waals surface area contributed by atoms with E-state index in [4.69, 9.17) is 26.8 Å². The van der Waals surface area contributed by atoms with E-state index in [1.54, 1.807) is 0 Å². The number of rotatable bonds is 3. The number of hydrogen-bond acceptors (Lipinski definition) is 8. The fraction of sp³-hybridized carbons (Fsp3) is 0.143. The number of aromatic nitrogens is 4. The molecule has 2 aromatic heterocycles. The molecule has 9 N–H and O–H groups in total. The van der Waals surface area contributed by atoms with E-state index in [0.29, 0.717) is 16.7 Å². The predicted octanol–water partition coefficient (Wildman–Crippen LogP) is -0.719. The summed E-state index contributed by atoms with van der Waals surface area (Å²) in [4.78, 5) is 34.0. The van der Waals surface area contributed by atoms with Crippen molar-refractivity contribution in [1.29, 1.82) is 0 Å². The van der Waals surface area contributed by atoms with Gasteiger partial charge in [0, 0.05) is 0 Å². The van der Waals surface area contributed by atoms with E-state index in [1.165, 1.54) is 24.5 Å². The second-order valence-electron chi connectivity index (χ2n) is 5.02. The van der Waals surface area contributed by atoms with Gasteiger partial charge in [-0.15, -0.1) is 0 Å². The molecule has 3 rings (SSSR count). The van der Waals surface area contributed by atoms with Gasteiger partial charge >= 0.3 is 5.97 Å². The van der Waals surface area contributed by atoms with Gasteiger partial charge in [0.1, 0.15) is 6.04 Å². The van der Waals surface area contributed by atoms with Crippen molar-refractivity contribution in [2.45, 2.75) is 12.5 Å². The first-order valence-electron chi connectivity index (χ1n) is 6.96. The summed E-state index contributed by atoms with van der Waals surface area (Å²) in [5, 5.41) is 26.6. The summed E-state index contributed by atoms with van der Waals surface area (Å²) in [5.41, 5.74) is 11.5. The van der Waals surface area contributed by atoms with Crippen molar-refractivity contribution >= 4 is 23.1 Å².